The molecule has 184 valence electrons. The Morgan fingerprint density at radius 3 is 1.39 bits per heavy atom. The zero-order chi connectivity index (χ0) is 22.9. The van der Waals surface area contributed by atoms with Crippen molar-refractivity contribution in [1.82, 2.24) is 0 Å². The summed E-state index contributed by atoms with van der Waals surface area (Å²) in [6.07, 6.45) is 4.93. The zero-order valence-electron chi connectivity index (χ0n) is 21.3. The van der Waals surface area contributed by atoms with Crippen molar-refractivity contribution in [2.75, 3.05) is 0 Å². The minimum Gasteiger partial charge on any atom is -0.748 e. The van der Waals surface area contributed by atoms with Gasteiger partial charge in [-0.05, 0) is 59.7 Å². The van der Waals surface area contributed by atoms with Gasteiger partial charge in [0, 0.05) is 17.1 Å². The molecule has 0 aliphatic heterocycles. The molecule has 0 spiro atoms. The van der Waals surface area contributed by atoms with E-state index in [0.29, 0.717) is 23.7 Å². The largest absolute Gasteiger partial charge is 0.748 e. The Hall–Kier alpha value is 0.0795. The maximum absolute atomic E-state index is 3.28. The van der Waals surface area contributed by atoms with Crippen LogP contribution in [0.5, 0.6) is 0 Å². The van der Waals surface area contributed by atoms with Crippen LogP contribution < -0.4 is 0 Å². The minimum atomic E-state index is 0. The van der Waals surface area contributed by atoms with Crippen molar-refractivity contribution in [2.45, 2.75) is 91.4 Å². The second kappa shape index (κ2) is 14.4. The van der Waals surface area contributed by atoms with Crippen molar-refractivity contribution < 1.29 is 17.1 Å². The molecule has 2 unspecified atom stereocenters. The van der Waals surface area contributed by atoms with Gasteiger partial charge in [0.1, 0.15) is 0 Å². The van der Waals surface area contributed by atoms with Crippen molar-refractivity contribution >= 4 is 18.5 Å². The summed E-state index contributed by atoms with van der Waals surface area (Å²) in [5.41, 5.74) is 3.16. The average molecular weight is 502 g/mol. The third-order valence-corrected chi connectivity index (χ3v) is 7.10. The molecule has 0 bridgehead atoms. The first kappa shape index (κ1) is 31.1. The molecule has 2 rings (SSSR count). The first-order valence-corrected chi connectivity index (χ1v) is 13.1. The summed E-state index contributed by atoms with van der Waals surface area (Å²) in [6.45, 7) is 18.9. The van der Waals surface area contributed by atoms with Gasteiger partial charge in [0.05, 0.1) is 0 Å². The van der Waals surface area contributed by atoms with Crippen LogP contribution in [0.2, 0.25) is 0 Å². The third kappa shape index (κ3) is 10.7. The van der Waals surface area contributed by atoms with Crippen LogP contribution >= 0.6 is 18.5 Å². The van der Waals surface area contributed by atoms with Crippen molar-refractivity contribution in [3.63, 3.8) is 0 Å². The van der Waals surface area contributed by atoms with E-state index < -0.39 is 0 Å². The number of hydrogen-bond acceptors (Lipinski definition) is 0. The normalized spacial score (nSPS) is 12.3. The molecule has 0 fully saturated rings. The van der Waals surface area contributed by atoms with Crippen molar-refractivity contribution in [1.29, 1.82) is 0 Å². The van der Waals surface area contributed by atoms with Crippen LogP contribution in [0.3, 0.4) is 0 Å². The molecule has 0 aliphatic rings. The van der Waals surface area contributed by atoms with Crippen LogP contribution in [-0.4, -0.2) is 0 Å². The summed E-state index contributed by atoms with van der Waals surface area (Å²) in [5, 5.41) is 0.383. The second-order valence-electron chi connectivity index (χ2n) is 11.0. The Kier molecular flexibility index (Phi) is 14.4. The minimum absolute atomic E-state index is 0. The van der Waals surface area contributed by atoms with Gasteiger partial charge in [-0.3, -0.25) is 0 Å². The third-order valence-electron chi connectivity index (χ3n) is 5.53. The average Bonchev–Trinajstić information content (AvgIpc) is 3.27. The summed E-state index contributed by atoms with van der Waals surface area (Å²) in [6, 6.07) is 17.1. The first-order chi connectivity index (χ1) is 13.9. The van der Waals surface area contributed by atoms with Gasteiger partial charge in [-0.25, -0.2) is 12.1 Å². The van der Waals surface area contributed by atoms with Gasteiger partial charge in [0.2, 0.25) is 0 Å². The van der Waals surface area contributed by atoms with Crippen LogP contribution in [0.15, 0.2) is 48.5 Å². The monoisotopic (exact) mass is 502 g/mol. The summed E-state index contributed by atoms with van der Waals surface area (Å²) in [5.74, 6) is 2.81. The Morgan fingerprint density at radius 2 is 1.06 bits per heavy atom. The topological polar surface area (TPSA) is 0 Å². The van der Waals surface area contributed by atoms with Gasteiger partial charge in [-0.1, -0.05) is 55.4 Å². The SMILES string of the molecule is CC(C)CC(P)(CC(C)C)c1ccc[c-]1C(P)(CC(C)C)CC(C)C.[Fe].[cH-]1[cH-][cH-][cH-][cH-]1. The molecule has 0 N–H and O–H groups in total. The fourth-order valence-electron chi connectivity index (χ4n) is 5.13. The van der Waals surface area contributed by atoms with Crippen molar-refractivity contribution in [2.24, 2.45) is 23.7 Å². The second-order valence-corrected chi connectivity index (χ2v) is 13.2. The summed E-state index contributed by atoms with van der Waals surface area (Å²) >= 11 is 0. The van der Waals surface area contributed by atoms with Crippen LogP contribution in [0, 0.1) is 23.7 Å². The molecule has 0 radical (unpaired) electrons. The molecule has 3 heteroatoms. The van der Waals surface area contributed by atoms with E-state index in [2.05, 4.69) is 92.1 Å². The predicted octanol–water partition coefficient (Wildman–Crippen LogP) is 9.13. The van der Waals surface area contributed by atoms with Crippen LogP contribution in [-0.2, 0) is 27.4 Å². The molecule has 0 amide bonds. The summed E-state index contributed by atoms with van der Waals surface area (Å²) in [7, 11) is 6.56. The van der Waals surface area contributed by atoms with Gasteiger partial charge < -0.3 is 30.3 Å². The summed E-state index contributed by atoms with van der Waals surface area (Å²) in [4.78, 5) is 0. The molecule has 0 saturated carbocycles. The Labute approximate surface area is 209 Å². The standard InChI is InChI=1S/C23H43P2.C5H5.Fe/c1-16(2)12-22(24,13-17(3)4)20-10-9-11-21(20)23(25,14-18(5)6)15-19(7)8;1-2-4-5-3-1;/h9-11,16-19H,12-15,24-25H2,1-8H3;1-5H;/q-1;-5;. The molecule has 0 aliphatic carbocycles. The van der Waals surface area contributed by atoms with Gasteiger partial charge in [0.15, 0.2) is 0 Å². The van der Waals surface area contributed by atoms with Crippen LogP contribution in [0.25, 0.3) is 0 Å². The predicted molar refractivity (Wildman–Crippen MR) is 145 cm³/mol. The fourth-order valence-corrected chi connectivity index (χ4v) is 7.52. The molecule has 2 aromatic rings. The van der Waals surface area contributed by atoms with Crippen molar-refractivity contribution in [3.8, 4) is 0 Å². The first-order valence-electron chi connectivity index (χ1n) is 11.9. The molecule has 0 heterocycles. The number of rotatable bonds is 10. The van der Waals surface area contributed by atoms with E-state index in [-0.39, 0.29) is 27.4 Å². The molecule has 2 aromatic carbocycles. The number of hydrogen-bond donors (Lipinski definition) is 0. The Bertz CT molecular complexity index is 598. The van der Waals surface area contributed by atoms with E-state index in [1.165, 1.54) is 25.7 Å². The van der Waals surface area contributed by atoms with Crippen LogP contribution in [0.4, 0.5) is 0 Å². The van der Waals surface area contributed by atoms with Gasteiger partial charge in [-0.2, -0.15) is 11.6 Å². The van der Waals surface area contributed by atoms with Crippen molar-refractivity contribution in [3.05, 3.63) is 59.7 Å². The fraction of sp³-hybridized carbons (Fsp3) is 0.643. The summed E-state index contributed by atoms with van der Waals surface area (Å²) < 4.78 is 0. The van der Waals surface area contributed by atoms with Gasteiger partial charge >= 0.3 is 0 Å². The Balaban J connectivity index is 0.00000131. The maximum Gasteiger partial charge on any atom is 0 e. The van der Waals surface area contributed by atoms with E-state index >= 15 is 0 Å². The molecular formula is C28H48FeP2-6. The molecule has 2 atom stereocenters. The van der Waals surface area contributed by atoms with Crippen LogP contribution in [0.1, 0.15) is 92.2 Å². The van der Waals surface area contributed by atoms with E-state index in [1.807, 2.05) is 30.3 Å². The van der Waals surface area contributed by atoms with E-state index in [4.69, 9.17) is 0 Å². The van der Waals surface area contributed by atoms with E-state index in [0.717, 1.165) is 0 Å². The Morgan fingerprint density at radius 1 is 0.710 bits per heavy atom. The van der Waals surface area contributed by atoms with Gasteiger partial charge in [0.25, 0.3) is 0 Å². The van der Waals surface area contributed by atoms with E-state index in [1.54, 1.807) is 11.1 Å². The molecular weight excluding hydrogens is 454 g/mol. The maximum atomic E-state index is 3.28. The molecule has 0 saturated heterocycles. The zero-order valence-corrected chi connectivity index (χ0v) is 24.7. The quantitative estimate of drug-likeness (QED) is 0.173. The smallest absolute Gasteiger partial charge is 0 e. The van der Waals surface area contributed by atoms with E-state index in [9.17, 15) is 0 Å². The molecule has 31 heavy (non-hydrogen) atoms. The molecule has 0 nitrogen and oxygen atoms in total. The molecule has 0 aromatic heterocycles. The van der Waals surface area contributed by atoms with Gasteiger partial charge in [-0.15, -0.1) is 24.0 Å².